The van der Waals surface area contributed by atoms with Crippen LogP contribution < -0.4 is 14.1 Å². The molecule has 1 fully saturated rings. The van der Waals surface area contributed by atoms with Gasteiger partial charge in [0.15, 0.2) is 5.82 Å². The summed E-state index contributed by atoms with van der Waals surface area (Å²) in [7, 11) is -3.23. The molecule has 10 nitrogen and oxygen atoms in total. The first-order chi connectivity index (χ1) is 14.1. The van der Waals surface area contributed by atoms with Crippen LogP contribution in [0.5, 0.6) is 0 Å². The number of rotatable bonds is 5. The number of carbonyl (C=O) groups is 1. The van der Waals surface area contributed by atoms with Gasteiger partial charge >= 0.3 is 16.2 Å². The minimum atomic E-state index is -4.81. The summed E-state index contributed by atoms with van der Waals surface area (Å²) in [6, 6.07) is -0.0462. The number of ether oxygens (including phenoxy) is 1. The summed E-state index contributed by atoms with van der Waals surface area (Å²) in [5, 5.41) is 18.1. The number of amides is 2. The van der Waals surface area contributed by atoms with Crippen molar-refractivity contribution < 1.29 is 26.8 Å². The summed E-state index contributed by atoms with van der Waals surface area (Å²) in [6.07, 6.45) is 3.33. The van der Waals surface area contributed by atoms with Crippen molar-refractivity contribution in [3.05, 3.63) is 45.6 Å². The predicted molar refractivity (Wildman–Crippen MR) is 108 cm³/mol. The Bertz CT molecular complexity index is 1040. The van der Waals surface area contributed by atoms with E-state index in [1.165, 1.54) is 17.1 Å². The van der Waals surface area contributed by atoms with Crippen molar-refractivity contribution in [1.82, 2.24) is 9.78 Å². The second kappa shape index (κ2) is 9.04. The molecule has 1 saturated heterocycles. The average Bonchev–Trinajstić information content (AvgIpc) is 3.11. The highest BCUT2D eigenvalue weighted by molar-refractivity contribution is 7.86. The molecule has 14 heteroatoms. The molecule has 1 unspecified atom stereocenters. The minimum absolute atomic E-state index is 0.00815. The van der Waals surface area contributed by atoms with E-state index in [0.29, 0.717) is 26.1 Å². The number of aryl methyl sites for hydroxylation is 1. The molecule has 0 spiro atoms. The van der Waals surface area contributed by atoms with E-state index in [1.807, 2.05) is 5.32 Å². The molecule has 2 N–H and O–H groups in total. The van der Waals surface area contributed by atoms with E-state index < -0.39 is 43.3 Å². The fourth-order valence-electron chi connectivity index (χ4n) is 3.01. The van der Waals surface area contributed by atoms with E-state index >= 15 is 0 Å². The van der Waals surface area contributed by atoms with Gasteiger partial charge in [-0.05, 0) is 25.0 Å². The summed E-state index contributed by atoms with van der Waals surface area (Å²) >= 11 is 11.4. The van der Waals surface area contributed by atoms with E-state index in [0.717, 1.165) is 16.4 Å². The Kier molecular flexibility index (Phi) is 6.84. The van der Waals surface area contributed by atoms with Gasteiger partial charge in [-0.25, -0.2) is 13.5 Å². The molecule has 0 aliphatic carbocycles. The zero-order valence-corrected chi connectivity index (χ0v) is 18.0. The molecule has 1 aliphatic rings. The molecule has 1 aromatic heterocycles. The van der Waals surface area contributed by atoms with Gasteiger partial charge in [-0.1, -0.05) is 23.2 Å². The standard InChI is InChI=1S/C16H18Cl2FN5O5S/c1-22-9-12(8-20-22)23(11-2-4-29-5-3-11)30(27,28)24(26)16(25)21-14-7-10(17)6-13(18)15(14)19/h6-9,11,24H,2-5H2,1H3,(H,21,25). The monoisotopic (exact) mass is 481 g/mol. The minimum Gasteiger partial charge on any atom is -0.608 e. The maximum Gasteiger partial charge on any atom is 0.436 e. The molecule has 2 aromatic rings. The van der Waals surface area contributed by atoms with Gasteiger partial charge in [-0.15, -0.1) is 0 Å². The van der Waals surface area contributed by atoms with Crippen LogP contribution in [0.25, 0.3) is 0 Å². The van der Waals surface area contributed by atoms with E-state index in [4.69, 9.17) is 27.9 Å². The number of nitrogens with one attached hydrogen (secondary N) is 2. The summed E-state index contributed by atoms with van der Waals surface area (Å²) in [5.74, 6) is -1.05. The SMILES string of the molecule is Cn1cc(N(C2CCOCC2)S(=O)(=O)[NH+]([O-])C(=O)Nc2cc(Cl)cc(Cl)c2F)cn1. The summed E-state index contributed by atoms with van der Waals surface area (Å²) in [6.45, 7) is 0.590. The lowest BCUT2D eigenvalue weighted by atomic mass is 10.1. The maximum atomic E-state index is 14.1. The van der Waals surface area contributed by atoms with Gasteiger partial charge < -0.3 is 9.94 Å². The molecule has 1 aliphatic heterocycles. The zero-order chi connectivity index (χ0) is 22.1. The van der Waals surface area contributed by atoms with E-state index in [1.54, 1.807) is 7.05 Å². The number of anilines is 2. The van der Waals surface area contributed by atoms with Crippen LogP contribution in [-0.4, -0.2) is 43.5 Å². The van der Waals surface area contributed by atoms with Crippen LogP contribution in [-0.2, 0) is 22.0 Å². The fraction of sp³-hybridized carbons (Fsp3) is 0.375. The van der Waals surface area contributed by atoms with Crippen LogP contribution in [0, 0.1) is 11.0 Å². The molecule has 1 atom stereocenters. The first-order valence-corrected chi connectivity index (χ1v) is 10.9. The van der Waals surface area contributed by atoms with Crippen LogP contribution in [0.3, 0.4) is 0 Å². The molecule has 2 heterocycles. The van der Waals surface area contributed by atoms with Gasteiger partial charge in [0.1, 0.15) is 0 Å². The largest absolute Gasteiger partial charge is 0.608 e. The second-order valence-corrected chi connectivity index (χ2v) is 9.07. The van der Waals surface area contributed by atoms with E-state index in [-0.39, 0.29) is 10.7 Å². The van der Waals surface area contributed by atoms with Gasteiger partial charge in [0.05, 0.1) is 28.6 Å². The number of benzene rings is 1. The Morgan fingerprint density at radius 2 is 2.07 bits per heavy atom. The average molecular weight is 482 g/mol. The fourth-order valence-corrected chi connectivity index (χ4v) is 4.95. The Morgan fingerprint density at radius 1 is 1.40 bits per heavy atom. The highest BCUT2D eigenvalue weighted by Gasteiger charge is 2.40. The second-order valence-electron chi connectivity index (χ2n) is 6.51. The number of hydroxylamine groups is 1. The van der Waals surface area contributed by atoms with Crippen molar-refractivity contribution in [2.75, 3.05) is 22.8 Å². The highest BCUT2D eigenvalue weighted by Crippen LogP contribution is 2.28. The van der Waals surface area contributed by atoms with Crippen LogP contribution in [0.2, 0.25) is 10.0 Å². The smallest absolute Gasteiger partial charge is 0.436 e. The Hall–Kier alpha value is -1.96. The predicted octanol–water partition coefficient (Wildman–Crippen LogP) is 1.71. The lowest BCUT2D eigenvalue weighted by molar-refractivity contribution is -0.604. The Labute approximate surface area is 181 Å². The van der Waals surface area contributed by atoms with E-state index in [2.05, 4.69) is 5.10 Å². The molecule has 3 rings (SSSR count). The molecule has 1 aromatic carbocycles. The van der Waals surface area contributed by atoms with Crippen molar-refractivity contribution in [2.45, 2.75) is 18.9 Å². The normalized spacial score (nSPS) is 16.3. The topological polar surface area (TPSA) is 121 Å². The van der Waals surface area contributed by atoms with Crippen molar-refractivity contribution in [3.8, 4) is 0 Å². The van der Waals surface area contributed by atoms with E-state index in [9.17, 15) is 22.8 Å². The number of halogens is 3. The molecule has 0 saturated carbocycles. The van der Waals surface area contributed by atoms with Crippen molar-refractivity contribution in [2.24, 2.45) is 7.05 Å². The number of aromatic nitrogens is 2. The van der Waals surface area contributed by atoms with Gasteiger partial charge in [0.2, 0.25) is 0 Å². The summed E-state index contributed by atoms with van der Waals surface area (Å²) in [4.78, 5) is 12.4. The molecule has 164 valence electrons. The summed E-state index contributed by atoms with van der Waals surface area (Å²) in [5.41, 5.74) is -0.387. The van der Waals surface area contributed by atoms with Crippen molar-refractivity contribution >= 4 is 50.8 Å². The lowest BCUT2D eigenvalue weighted by Crippen LogP contribution is -3.14. The third-order valence-electron chi connectivity index (χ3n) is 4.39. The van der Waals surface area contributed by atoms with Crippen LogP contribution in [0.4, 0.5) is 20.6 Å². The third kappa shape index (κ3) is 4.68. The van der Waals surface area contributed by atoms with Gasteiger partial charge in [-0.3, -0.25) is 10.00 Å². The molecular weight excluding hydrogens is 464 g/mol. The molecule has 2 amide bonds. The number of hydrogen-bond acceptors (Lipinski definition) is 6. The Morgan fingerprint density at radius 3 is 2.67 bits per heavy atom. The zero-order valence-electron chi connectivity index (χ0n) is 15.6. The summed E-state index contributed by atoms with van der Waals surface area (Å²) < 4.78 is 46.0. The van der Waals surface area contributed by atoms with Crippen LogP contribution in [0.1, 0.15) is 12.8 Å². The Balaban J connectivity index is 1.91. The first-order valence-electron chi connectivity index (χ1n) is 8.72. The molecule has 0 bridgehead atoms. The number of carbonyl (C=O) groups excluding carboxylic acids is 1. The highest BCUT2D eigenvalue weighted by atomic mass is 35.5. The molecule has 30 heavy (non-hydrogen) atoms. The van der Waals surface area contributed by atoms with Gasteiger partial charge in [0, 0.05) is 31.5 Å². The first kappa shape index (κ1) is 22.7. The maximum absolute atomic E-state index is 14.1. The lowest BCUT2D eigenvalue weighted by Gasteiger charge is -2.35. The van der Waals surface area contributed by atoms with Crippen LogP contribution in [0.15, 0.2) is 24.5 Å². The number of urea groups is 1. The molecular formula is C16H18Cl2FN5O5S. The number of quaternary nitrogens is 1. The van der Waals surface area contributed by atoms with Gasteiger partial charge in [0.25, 0.3) is 0 Å². The van der Waals surface area contributed by atoms with Crippen molar-refractivity contribution in [3.63, 3.8) is 0 Å². The molecule has 0 radical (unpaired) electrons. The number of hydrogen-bond donors (Lipinski definition) is 2. The van der Waals surface area contributed by atoms with Crippen molar-refractivity contribution in [1.29, 1.82) is 0 Å². The van der Waals surface area contributed by atoms with Gasteiger partial charge in [-0.2, -0.15) is 18.0 Å². The number of nitrogens with zero attached hydrogens (tertiary/aromatic N) is 3. The third-order valence-corrected chi connectivity index (χ3v) is 6.56. The van der Waals surface area contributed by atoms with Crippen LogP contribution >= 0.6 is 23.2 Å². The quantitative estimate of drug-likeness (QED) is 0.495.